The Labute approximate surface area is 124 Å². The maximum atomic E-state index is 12.3. The second-order valence-electron chi connectivity index (χ2n) is 5.31. The third kappa shape index (κ3) is 3.54. The van der Waals surface area contributed by atoms with E-state index in [2.05, 4.69) is 0 Å². The van der Waals surface area contributed by atoms with Crippen molar-refractivity contribution in [1.29, 1.82) is 0 Å². The van der Waals surface area contributed by atoms with Gasteiger partial charge in [0.2, 0.25) is 5.91 Å². The predicted molar refractivity (Wildman–Crippen MR) is 78.2 cm³/mol. The Morgan fingerprint density at radius 1 is 1.33 bits per heavy atom. The van der Waals surface area contributed by atoms with Gasteiger partial charge in [0.1, 0.15) is 5.75 Å². The number of hydrogen-bond acceptors (Lipinski definition) is 3. The maximum Gasteiger partial charge on any atom is 0.308 e. The molecule has 1 aromatic carbocycles. The van der Waals surface area contributed by atoms with E-state index in [4.69, 9.17) is 9.84 Å². The lowest BCUT2D eigenvalue weighted by Gasteiger charge is -2.23. The van der Waals surface area contributed by atoms with Gasteiger partial charge in [0.25, 0.3) is 0 Å². The molecule has 0 bridgehead atoms. The van der Waals surface area contributed by atoms with E-state index < -0.39 is 11.9 Å². The predicted octanol–water partition coefficient (Wildman–Crippen LogP) is 1.95. The Morgan fingerprint density at radius 3 is 2.52 bits per heavy atom. The van der Waals surface area contributed by atoms with Crippen LogP contribution in [0.15, 0.2) is 24.3 Å². The zero-order valence-electron chi connectivity index (χ0n) is 12.4. The van der Waals surface area contributed by atoms with Crippen LogP contribution in [0.2, 0.25) is 0 Å². The van der Waals surface area contributed by atoms with Gasteiger partial charge in [0.05, 0.1) is 18.9 Å². The molecule has 1 aliphatic heterocycles. The summed E-state index contributed by atoms with van der Waals surface area (Å²) in [7, 11) is 0. The minimum atomic E-state index is -0.820. The van der Waals surface area contributed by atoms with E-state index in [1.807, 2.05) is 38.1 Å². The van der Waals surface area contributed by atoms with Crippen LogP contribution >= 0.6 is 0 Å². The SMILES string of the molecule is CCOc1ccc(CC(=O)N2CCC(C(=O)O)C2C)cc1. The Balaban J connectivity index is 1.97. The van der Waals surface area contributed by atoms with Crippen molar-refractivity contribution in [3.63, 3.8) is 0 Å². The molecule has 0 radical (unpaired) electrons. The first-order valence-corrected chi connectivity index (χ1v) is 7.27. The molecule has 2 unspecified atom stereocenters. The van der Waals surface area contributed by atoms with E-state index in [0.29, 0.717) is 26.0 Å². The summed E-state index contributed by atoms with van der Waals surface area (Å²) >= 11 is 0. The van der Waals surface area contributed by atoms with Crippen LogP contribution in [0.5, 0.6) is 5.75 Å². The van der Waals surface area contributed by atoms with Crippen LogP contribution in [0.1, 0.15) is 25.8 Å². The van der Waals surface area contributed by atoms with E-state index in [9.17, 15) is 9.59 Å². The van der Waals surface area contributed by atoms with Crippen molar-refractivity contribution in [3.8, 4) is 5.75 Å². The first-order valence-electron chi connectivity index (χ1n) is 7.27. The Kier molecular flexibility index (Phi) is 4.83. The average molecular weight is 291 g/mol. The normalized spacial score (nSPS) is 21.3. The van der Waals surface area contributed by atoms with Crippen molar-refractivity contribution in [1.82, 2.24) is 4.90 Å². The number of hydrogen-bond donors (Lipinski definition) is 1. The first kappa shape index (κ1) is 15.4. The van der Waals surface area contributed by atoms with Crippen molar-refractivity contribution >= 4 is 11.9 Å². The number of rotatable bonds is 5. The monoisotopic (exact) mass is 291 g/mol. The van der Waals surface area contributed by atoms with Crippen LogP contribution in [-0.2, 0) is 16.0 Å². The molecule has 1 fully saturated rings. The lowest BCUT2D eigenvalue weighted by Crippen LogP contribution is -2.38. The van der Waals surface area contributed by atoms with Crippen LogP contribution in [0, 0.1) is 5.92 Å². The molecule has 2 rings (SSSR count). The summed E-state index contributed by atoms with van der Waals surface area (Å²) in [4.78, 5) is 25.1. The molecule has 1 heterocycles. The minimum absolute atomic E-state index is 0.0181. The molecule has 0 saturated carbocycles. The molecular weight excluding hydrogens is 270 g/mol. The molecule has 1 saturated heterocycles. The molecule has 2 atom stereocenters. The van der Waals surface area contributed by atoms with Gasteiger partial charge in [-0.3, -0.25) is 9.59 Å². The second kappa shape index (κ2) is 6.61. The summed E-state index contributed by atoms with van der Waals surface area (Å²) in [5.41, 5.74) is 0.912. The van der Waals surface area contributed by atoms with Crippen LogP contribution in [0.4, 0.5) is 0 Å². The number of carboxylic acids is 1. The largest absolute Gasteiger partial charge is 0.494 e. The van der Waals surface area contributed by atoms with Crippen LogP contribution in [-0.4, -0.2) is 41.1 Å². The fourth-order valence-electron chi connectivity index (χ4n) is 2.77. The highest BCUT2D eigenvalue weighted by Gasteiger charge is 2.37. The van der Waals surface area contributed by atoms with E-state index in [1.54, 1.807) is 4.90 Å². The summed E-state index contributed by atoms with van der Waals surface area (Å²) in [6.07, 6.45) is 0.828. The number of amides is 1. The van der Waals surface area contributed by atoms with Crippen molar-refractivity contribution in [2.45, 2.75) is 32.7 Å². The van der Waals surface area contributed by atoms with Gasteiger partial charge >= 0.3 is 5.97 Å². The molecule has 1 amide bonds. The minimum Gasteiger partial charge on any atom is -0.494 e. The van der Waals surface area contributed by atoms with Gasteiger partial charge in [-0.25, -0.2) is 0 Å². The molecule has 1 N–H and O–H groups in total. The molecule has 5 heteroatoms. The smallest absolute Gasteiger partial charge is 0.308 e. The number of carbonyl (C=O) groups is 2. The summed E-state index contributed by atoms with van der Waals surface area (Å²) in [5.74, 6) is -0.502. The fraction of sp³-hybridized carbons (Fsp3) is 0.500. The standard InChI is InChI=1S/C16H21NO4/c1-3-21-13-6-4-12(5-7-13)10-15(18)17-9-8-14(11(17)2)16(19)20/h4-7,11,14H,3,8-10H2,1-2H3,(H,19,20). The summed E-state index contributed by atoms with van der Waals surface area (Å²) < 4.78 is 5.36. The Bertz CT molecular complexity index is 512. The first-order chi connectivity index (χ1) is 10.0. The Morgan fingerprint density at radius 2 is 2.00 bits per heavy atom. The van der Waals surface area contributed by atoms with Gasteiger partial charge in [-0.1, -0.05) is 12.1 Å². The summed E-state index contributed by atoms with van der Waals surface area (Å²) in [6.45, 7) is 4.86. The lowest BCUT2D eigenvalue weighted by molar-refractivity contribution is -0.143. The van der Waals surface area contributed by atoms with Gasteiger partial charge in [-0.2, -0.15) is 0 Å². The number of carboxylic acid groups (broad SMARTS) is 1. The molecule has 0 aliphatic carbocycles. The van der Waals surface area contributed by atoms with Crippen LogP contribution < -0.4 is 4.74 Å². The lowest BCUT2D eigenvalue weighted by atomic mass is 10.0. The van der Waals surface area contributed by atoms with Gasteiger partial charge in [-0.15, -0.1) is 0 Å². The maximum absolute atomic E-state index is 12.3. The van der Waals surface area contributed by atoms with Crippen molar-refractivity contribution in [3.05, 3.63) is 29.8 Å². The number of carbonyl (C=O) groups excluding carboxylic acids is 1. The van der Waals surface area contributed by atoms with E-state index >= 15 is 0 Å². The molecular formula is C16H21NO4. The molecule has 1 aromatic rings. The second-order valence-corrected chi connectivity index (χ2v) is 5.31. The molecule has 0 spiro atoms. The number of nitrogens with zero attached hydrogens (tertiary/aromatic N) is 1. The Hall–Kier alpha value is -2.04. The molecule has 21 heavy (non-hydrogen) atoms. The number of aliphatic carboxylic acids is 1. The topological polar surface area (TPSA) is 66.8 Å². The molecule has 5 nitrogen and oxygen atoms in total. The van der Waals surface area contributed by atoms with Crippen molar-refractivity contribution in [2.24, 2.45) is 5.92 Å². The van der Waals surface area contributed by atoms with E-state index in [-0.39, 0.29) is 11.9 Å². The van der Waals surface area contributed by atoms with Gasteiger partial charge < -0.3 is 14.7 Å². The summed E-state index contributed by atoms with van der Waals surface area (Å²) in [6, 6.07) is 7.20. The molecule has 114 valence electrons. The van der Waals surface area contributed by atoms with Crippen LogP contribution in [0.3, 0.4) is 0 Å². The fourth-order valence-corrected chi connectivity index (χ4v) is 2.77. The number of likely N-dealkylation sites (tertiary alicyclic amines) is 1. The number of ether oxygens (including phenoxy) is 1. The highest BCUT2D eigenvalue weighted by Crippen LogP contribution is 2.25. The third-order valence-electron chi connectivity index (χ3n) is 3.98. The molecule has 1 aliphatic rings. The van der Waals surface area contributed by atoms with Crippen molar-refractivity contribution in [2.75, 3.05) is 13.2 Å². The van der Waals surface area contributed by atoms with Gasteiger partial charge in [-0.05, 0) is 38.0 Å². The quantitative estimate of drug-likeness (QED) is 0.900. The highest BCUT2D eigenvalue weighted by molar-refractivity contribution is 5.81. The van der Waals surface area contributed by atoms with Gasteiger partial charge in [0, 0.05) is 12.6 Å². The highest BCUT2D eigenvalue weighted by atomic mass is 16.5. The zero-order valence-corrected chi connectivity index (χ0v) is 12.4. The van der Waals surface area contributed by atoms with E-state index in [0.717, 1.165) is 11.3 Å². The number of benzene rings is 1. The zero-order chi connectivity index (χ0) is 15.4. The van der Waals surface area contributed by atoms with Crippen LogP contribution in [0.25, 0.3) is 0 Å². The van der Waals surface area contributed by atoms with Crippen molar-refractivity contribution < 1.29 is 19.4 Å². The third-order valence-corrected chi connectivity index (χ3v) is 3.98. The average Bonchev–Trinajstić information content (AvgIpc) is 2.83. The summed E-state index contributed by atoms with van der Waals surface area (Å²) in [5, 5.41) is 9.10. The van der Waals surface area contributed by atoms with Gasteiger partial charge in [0.15, 0.2) is 0 Å². The van der Waals surface area contributed by atoms with E-state index in [1.165, 1.54) is 0 Å². The molecule has 0 aromatic heterocycles.